The van der Waals surface area contributed by atoms with Gasteiger partial charge < -0.3 is 0 Å². The molecule has 0 aromatic carbocycles. The number of Topliss-reactive ketones (excluding diaryl/α,β-unsaturated/α-hetero) is 1. The molecule has 0 aromatic heterocycles. The Labute approximate surface area is 68.0 Å². The lowest BCUT2D eigenvalue weighted by Gasteiger charge is -2.15. The van der Waals surface area contributed by atoms with Crippen LogP contribution in [0, 0.1) is 0 Å². The predicted molar refractivity (Wildman–Crippen MR) is 43.6 cm³/mol. The topological polar surface area (TPSA) is 20.3 Å². The van der Waals surface area contributed by atoms with Gasteiger partial charge in [0.05, 0.1) is 6.04 Å². The summed E-state index contributed by atoms with van der Waals surface area (Å²) in [5.74, 6) is 0.417. The Balaban J connectivity index is 0.000000810. The molecule has 0 bridgehead atoms. The zero-order valence-electron chi connectivity index (χ0n) is 6.46. The molecule has 60 valence electrons. The van der Waals surface area contributed by atoms with Crippen LogP contribution in [0.15, 0.2) is 0 Å². The van der Waals surface area contributed by atoms with Crippen molar-refractivity contribution in [1.82, 2.24) is 4.90 Å². The fourth-order valence-corrected chi connectivity index (χ4v) is 1.34. The van der Waals surface area contributed by atoms with Crippen molar-refractivity contribution in [3.63, 3.8) is 0 Å². The number of nitrogens with zero attached hydrogens (tertiary/aromatic N) is 1. The quantitative estimate of drug-likeness (QED) is 0.577. The molecule has 1 atom stereocenters. The number of hydrogen-bond donors (Lipinski definition) is 0. The van der Waals surface area contributed by atoms with Gasteiger partial charge in [-0.15, -0.1) is 12.4 Å². The minimum absolute atomic E-state index is 0. The van der Waals surface area contributed by atoms with Crippen LogP contribution >= 0.6 is 12.4 Å². The van der Waals surface area contributed by atoms with Gasteiger partial charge in [0.2, 0.25) is 0 Å². The first-order chi connectivity index (χ1) is 4.22. The summed E-state index contributed by atoms with van der Waals surface area (Å²) in [6, 6.07) is 0.227. The average molecular weight is 164 g/mol. The minimum Gasteiger partial charge on any atom is -0.300 e. The van der Waals surface area contributed by atoms with Gasteiger partial charge in [-0.3, -0.25) is 9.69 Å². The highest BCUT2D eigenvalue weighted by atomic mass is 35.5. The van der Waals surface area contributed by atoms with E-state index in [9.17, 15) is 4.79 Å². The Bertz CT molecular complexity index is 125. The molecule has 0 aromatic rings. The molecule has 1 unspecified atom stereocenters. The maximum Gasteiger partial charge on any atom is 0.149 e. The minimum atomic E-state index is 0. The first-order valence-electron chi connectivity index (χ1n) is 3.41. The molecule has 0 saturated heterocycles. The van der Waals surface area contributed by atoms with E-state index in [1.807, 2.05) is 19.0 Å². The van der Waals surface area contributed by atoms with Crippen LogP contribution in [0.1, 0.15) is 19.3 Å². The second-order valence-corrected chi connectivity index (χ2v) is 2.84. The average Bonchev–Trinajstić information content (AvgIpc) is 2.13. The van der Waals surface area contributed by atoms with Crippen LogP contribution in [0.2, 0.25) is 0 Å². The normalized spacial score (nSPS) is 25.1. The molecule has 1 rings (SSSR count). The summed E-state index contributed by atoms with van der Waals surface area (Å²) >= 11 is 0. The molecule has 1 aliphatic rings. The summed E-state index contributed by atoms with van der Waals surface area (Å²) in [6.45, 7) is 0. The van der Waals surface area contributed by atoms with Crippen LogP contribution in [-0.2, 0) is 4.79 Å². The summed E-state index contributed by atoms with van der Waals surface area (Å²) < 4.78 is 0. The number of rotatable bonds is 1. The van der Waals surface area contributed by atoms with Gasteiger partial charge >= 0.3 is 0 Å². The third-order valence-corrected chi connectivity index (χ3v) is 1.90. The van der Waals surface area contributed by atoms with E-state index in [2.05, 4.69) is 0 Å². The summed E-state index contributed by atoms with van der Waals surface area (Å²) in [6.07, 6.45) is 2.94. The van der Waals surface area contributed by atoms with Crippen molar-refractivity contribution < 1.29 is 4.79 Å². The standard InChI is InChI=1S/C7H13NO.ClH/c1-8(2)6-4-3-5-7(6)9;/h6H,3-5H2,1-2H3;1H. The highest BCUT2D eigenvalue weighted by Crippen LogP contribution is 2.17. The van der Waals surface area contributed by atoms with Gasteiger partial charge in [0, 0.05) is 6.42 Å². The molecule has 10 heavy (non-hydrogen) atoms. The van der Waals surface area contributed by atoms with E-state index in [0.29, 0.717) is 5.78 Å². The molecule has 0 aliphatic heterocycles. The van der Waals surface area contributed by atoms with E-state index < -0.39 is 0 Å². The van der Waals surface area contributed by atoms with Gasteiger partial charge in [-0.1, -0.05) is 0 Å². The first-order valence-corrected chi connectivity index (χ1v) is 3.41. The number of carbonyl (C=O) groups is 1. The fraction of sp³-hybridized carbons (Fsp3) is 0.857. The molecular formula is C7H14ClNO. The van der Waals surface area contributed by atoms with Crippen molar-refractivity contribution in [2.45, 2.75) is 25.3 Å². The van der Waals surface area contributed by atoms with E-state index in [1.54, 1.807) is 0 Å². The molecule has 1 aliphatic carbocycles. The van der Waals surface area contributed by atoms with Crippen molar-refractivity contribution >= 4 is 18.2 Å². The van der Waals surface area contributed by atoms with Crippen LogP contribution in [0.4, 0.5) is 0 Å². The lowest BCUT2D eigenvalue weighted by atomic mass is 10.2. The largest absolute Gasteiger partial charge is 0.300 e. The number of ketones is 1. The summed E-state index contributed by atoms with van der Waals surface area (Å²) in [7, 11) is 3.93. The van der Waals surface area contributed by atoms with Crippen LogP contribution in [0.5, 0.6) is 0 Å². The van der Waals surface area contributed by atoms with Crippen molar-refractivity contribution in [2.75, 3.05) is 14.1 Å². The highest BCUT2D eigenvalue weighted by molar-refractivity contribution is 5.85. The van der Waals surface area contributed by atoms with Crippen LogP contribution in [0.25, 0.3) is 0 Å². The molecule has 2 nitrogen and oxygen atoms in total. The van der Waals surface area contributed by atoms with E-state index in [-0.39, 0.29) is 18.4 Å². The van der Waals surface area contributed by atoms with E-state index in [1.165, 1.54) is 0 Å². The zero-order valence-corrected chi connectivity index (χ0v) is 7.28. The summed E-state index contributed by atoms with van der Waals surface area (Å²) in [5.41, 5.74) is 0. The molecular weight excluding hydrogens is 150 g/mol. The van der Waals surface area contributed by atoms with Crippen molar-refractivity contribution in [3.8, 4) is 0 Å². The van der Waals surface area contributed by atoms with Crippen molar-refractivity contribution in [2.24, 2.45) is 0 Å². The van der Waals surface area contributed by atoms with Crippen molar-refractivity contribution in [1.29, 1.82) is 0 Å². The Hall–Kier alpha value is -0.0800. The number of carbonyl (C=O) groups excluding carboxylic acids is 1. The molecule has 0 amide bonds. The van der Waals surface area contributed by atoms with E-state index >= 15 is 0 Å². The number of halogens is 1. The third kappa shape index (κ3) is 1.96. The third-order valence-electron chi connectivity index (χ3n) is 1.90. The van der Waals surface area contributed by atoms with Gasteiger partial charge in [0.15, 0.2) is 0 Å². The van der Waals surface area contributed by atoms with Gasteiger partial charge in [0.1, 0.15) is 5.78 Å². The Kier molecular flexibility index (Phi) is 3.91. The van der Waals surface area contributed by atoms with E-state index in [4.69, 9.17) is 0 Å². The molecule has 1 fully saturated rings. The molecule has 1 saturated carbocycles. The second-order valence-electron chi connectivity index (χ2n) is 2.84. The Morgan fingerprint density at radius 3 is 2.30 bits per heavy atom. The van der Waals surface area contributed by atoms with Crippen LogP contribution < -0.4 is 0 Å². The lowest BCUT2D eigenvalue weighted by molar-refractivity contribution is -0.121. The first kappa shape index (κ1) is 9.92. The zero-order chi connectivity index (χ0) is 6.85. The maximum absolute atomic E-state index is 11.0. The smallest absolute Gasteiger partial charge is 0.149 e. The molecule has 0 N–H and O–H groups in total. The summed E-state index contributed by atoms with van der Waals surface area (Å²) in [4.78, 5) is 13.0. The second kappa shape index (κ2) is 3.94. The van der Waals surface area contributed by atoms with Crippen molar-refractivity contribution in [3.05, 3.63) is 0 Å². The fourth-order valence-electron chi connectivity index (χ4n) is 1.34. The van der Waals surface area contributed by atoms with Gasteiger partial charge in [-0.25, -0.2) is 0 Å². The molecule has 3 heteroatoms. The lowest BCUT2D eigenvalue weighted by Crippen LogP contribution is -2.31. The maximum atomic E-state index is 11.0. The van der Waals surface area contributed by atoms with Crippen LogP contribution in [0.3, 0.4) is 0 Å². The predicted octanol–water partition coefficient (Wildman–Crippen LogP) is 1.09. The monoisotopic (exact) mass is 163 g/mol. The summed E-state index contributed by atoms with van der Waals surface area (Å²) in [5, 5.41) is 0. The van der Waals surface area contributed by atoms with Crippen LogP contribution in [-0.4, -0.2) is 30.8 Å². The Morgan fingerprint density at radius 2 is 2.10 bits per heavy atom. The number of hydrogen-bond acceptors (Lipinski definition) is 2. The van der Waals surface area contributed by atoms with Gasteiger partial charge in [-0.2, -0.15) is 0 Å². The molecule has 0 radical (unpaired) electrons. The molecule has 0 spiro atoms. The number of likely N-dealkylation sites (N-methyl/N-ethyl adjacent to an activating group) is 1. The highest BCUT2D eigenvalue weighted by Gasteiger charge is 2.25. The SMILES string of the molecule is CN(C)C1CCCC1=O.Cl. The van der Waals surface area contributed by atoms with Gasteiger partial charge in [-0.05, 0) is 26.9 Å². The molecule has 0 heterocycles. The Morgan fingerprint density at radius 1 is 1.50 bits per heavy atom. The van der Waals surface area contributed by atoms with Gasteiger partial charge in [0.25, 0.3) is 0 Å². The van der Waals surface area contributed by atoms with E-state index in [0.717, 1.165) is 19.3 Å².